The number of hydrogen-bond donors (Lipinski definition) is 0. The van der Waals surface area contributed by atoms with E-state index in [0.29, 0.717) is 0 Å². The van der Waals surface area contributed by atoms with Crippen LogP contribution in [0.5, 0.6) is 0 Å². The lowest BCUT2D eigenvalue weighted by Crippen LogP contribution is -2.10. The van der Waals surface area contributed by atoms with E-state index < -0.39 is 0 Å². The normalized spacial score (nSPS) is 13.9. The zero-order valence-corrected chi connectivity index (χ0v) is 16.3. The third-order valence-corrected chi connectivity index (χ3v) is 5.79. The van der Waals surface area contributed by atoms with E-state index in [9.17, 15) is 0 Å². The van der Waals surface area contributed by atoms with Crippen LogP contribution in [0, 0.1) is 20.8 Å². The number of allylic oxidation sites excluding steroid dienone is 1. The highest BCUT2D eigenvalue weighted by molar-refractivity contribution is 5.85. The molecule has 0 saturated heterocycles. The van der Waals surface area contributed by atoms with E-state index in [1.165, 1.54) is 38.9 Å². The van der Waals surface area contributed by atoms with E-state index in [4.69, 9.17) is 0 Å². The maximum atomic E-state index is 2.45. The Kier molecular flexibility index (Phi) is 4.20. The minimum absolute atomic E-state index is 0.202. The molecule has 0 heterocycles. The van der Waals surface area contributed by atoms with Gasteiger partial charge in [0.2, 0.25) is 0 Å². The molecule has 2 aromatic carbocycles. The summed E-state index contributed by atoms with van der Waals surface area (Å²) in [6, 6.07) is 9.23. The summed E-state index contributed by atoms with van der Waals surface area (Å²) >= 11 is 0. The summed E-state index contributed by atoms with van der Waals surface area (Å²) in [5.41, 5.74) is 13.3. The molecular formula is C24H30. The smallest absolute Gasteiger partial charge is 0.00550 e. The van der Waals surface area contributed by atoms with Crippen LogP contribution >= 0.6 is 0 Å². The van der Waals surface area contributed by atoms with Crippen LogP contribution < -0.4 is 0 Å². The minimum atomic E-state index is 0.202. The molecule has 1 aliphatic carbocycles. The average Bonchev–Trinajstić information content (AvgIpc) is 2.97. The van der Waals surface area contributed by atoms with Crippen LogP contribution in [0.1, 0.15) is 67.5 Å². The number of hydrogen-bond acceptors (Lipinski definition) is 0. The molecule has 0 heteroatoms. The lowest BCUT2D eigenvalue weighted by Gasteiger charge is -2.21. The molecule has 24 heavy (non-hydrogen) atoms. The molecule has 0 fully saturated rings. The first-order chi connectivity index (χ1) is 11.2. The fourth-order valence-electron chi connectivity index (χ4n) is 3.86. The van der Waals surface area contributed by atoms with Crippen molar-refractivity contribution in [3.63, 3.8) is 0 Å². The van der Waals surface area contributed by atoms with Crippen LogP contribution in [0.15, 0.2) is 29.8 Å². The Balaban J connectivity index is 2.20. The van der Waals surface area contributed by atoms with Gasteiger partial charge in [-0.15, -0.1) is 0 Å². The van der Waals surface area contributed by atoms with Gasteiger partial charge in [0.1, 0.15) is 0 Å². The first-order valence-electron chi connectivity index (χ1n) is 9.17. The van der Waals surface area contributed by atoms with Crippen molar-refractivity contribution in [2.24, 2.45) is 0 Å². The molecule has 0 N–H and O–H groups in total. The molecule has 126 valence electrons. The van der Waals surface area contributed by atoms with Crippen molar-refractivity contribution in [1.29, 1.82) is 0 Å². The zero-order chi connectivity index (χ0) is 17.6. The quantitative estimate of drug-likeness (QED) is 0.563. The molecule has 0 nitrogen and oxygen atoms in total. The van der Waals surface area contributed by atoms with Crippen molar-refractivity contribution < 1.29 is 0 Å². The van der Waals surface area contributed by atoms with E-state index in [0.717, 1.165) is 12.8 Å². The van der Waals surface area contributed by atoms with Crippen molar-refractivity contribution >= 4 is 6.08 Å². The highest BCUT2D eigenvalue weighted by Crippen LogP contribution is 2.41. The van der Waals surface area contributed by atoms with Crippen LogP contribution in [0.2, 0.25) is 0 Å². The average molecular weight is 319 g/mol. The van der Waals surface area contributed by atoms with E-state index >= 15 is 0 Å². The Morgan fingerprint density at radius 1 is 0.875 bits per heavy atom. The topological polar surface area (TPSA) is 0 Å². The molecule has 0 spiro atoms. The predicted molar refractivity (Wildman–Crippen MR) is 107 cm³/mol. The second-order valence-corrected chi connectivity index (χ2v) is 8.30. The second-order valence-electron chi connectivity index (χ2n) is 8.30. The summed E-state index contributed by atoms with van der Waals surface area (Å²) in [5.74, 6) is 0. The van der Waals surface area contributed by atoms with Crippen molar-refractivity contribution in [2.45, 2.75) is 66.7 Å². The molecule has 1 aliphatic rings. The lowest BCUT2D eigenvalue weighted by atomic mass is 9.83. The highest BCUT2D eigenvalue weighted by Gasteiger charge is 2.22. The Hall–Kier alpha value is -1.82. The molecule has 0 aliphatic heterocycles. The fourth-order valence-corrected chi connectivity index (χ4v) is 3.86. The molecule has 0 saturated carbocycles. The Labute approximate surface area is 147 Å². The monoisotopic (exact) mass is 318 g/mol. The Bertz CT molecular complexity index is 809. The van der Waals surface area contributed by atoms with Crippen molar-refractivity contribution in [1.82, 2.24) is 0 Å². The van der Waals surface area contributed by atoms with Crippen molar-refractivity contribution in [3.8, 4) is 11.1 Å². The van der Waals surface area contributed by atoms with Gasteiger partial charge in [0.05, 0.1) is 0 Å². The van der Waals surface area contributed by atoms with Crippen LogP contribution in [0.4, 0.5) is 0 Å². The number of benzene rings is 2. The van der Waals surface area contributed by atoms with Gasteiger partial charge < -0.3 is 0 Å². The van der Waals surface area contributed by atoms with Gasteiger partial charge in [-0.1, -0.05) is 63.6 Å². The zero-order valence-electron chi connectivity index (χ0n) is 16.3. The molecule has 0 bridgehead atoms. The molecule has 0 aromatic heterocycles. The van der Waals surface area contributed by atoms with Gasteiger partial charge in [-0.2, -0.15) is 0 Å². The van der Waals surface area contributed by atoms with E-state index in [-0.39, 0.29) is 5.41 Å². The first kappa shape index (κ1) is 17.0. The van der Waals surface area contributed by atoms with Crippen LogP contribution in [-0.4, -0.2) is 0 Å². The largest absolute Gasteiger partial charge is 0.0654 e. The number of fused-ring (bicyclic) bond motifs is 1. The summed E-state index contributed by atoms with van der Waals surface area (Å²) in [7, 11) is 0. The van der Waals surface area contributed by atoms with Gasteiger partial charge in [0.25, 0.3) is 0 Å². The molecule has 0 unspecified atom stereocenters. The molecule has 2 aromatic rings. The summed E-state index contributed by atoms with van der Waals surface area (Å²) < 4.78 is 0. The summed E-state index contributed by atoms with van der Waals surface area (Å²) in [5, 5.41) is 0. The van der Waals surface area contributed by atoms with Gasteiger partial charge in [0.15, 0.2) is 0 Å². The third kappa shape index (κ3) is 2.73. The fraction of sp³-hybridized carbons (Fsp3) is 0.417. The maximum Gasteiger partial charge on any atom is -0.00550 e. The number of rotatable bonds is 2. The minimum Gasteiger partial charge on any atom is -0.0654 e. The maximum absolute atomic E-state index is 2.45. The van der Waals surface area contributed by atoms with E-state index in [2.05, 4.69) is 78.8 Å². The standard InChI is InChI=1S/C24H30/c1-8-18-13-21-16(3)15(2)17(4)23(22(21)14-18)19-9-11-20(12-10-19)24(5,6)7/h9-12,14H,8,13H2,1-7H3. The van der Waals surface area contributed by atoms with Crippen molar-refractivity contribution in [3.05, 3.63) is 63.2 Å². The van der Waals surface area contributed by atoms with Crippen LogP contribution in [0.3, 0.4) is 0 Å². The Morgan fingerprint density at radius 2 is 1.50 bits per heavy atom. The predicted octanol–water partition coefficient (Wildman–Crippen LogP) is 6.93. The summed E-state index contributed by atoms with van der Waals surface area (Å²) in [4.78, 5) is 0. The first-order valence-corrected chi connectivity index (χ1v) is 9.17. The SMILES string of the molecule is CCC1=Cc2c(c(C)c(C)c(C)c2-c2ccc(C(C)(C)C)cc2)C1. The lowest BCUT2D eigenvalue weighted by molar-refractivity contribution is 0.590. The van der Waals surface area contributed by atoms with Gasteiger partial charge in [-0.25, -0.2) is 0 Å². The van der Waals surface area contributed by atoms with Crippen molar-refractivity contribution in [2.75, 3.05) is 0 Å². The summed E-state index contributed by atoms with van der Waals surface area (Å²) in [6.45, 7) is 16.0. The van der Waals surface area contributed by atoms with E-state index in [1.807, 2.05) is 0 Å². The molecule has 0 radical (unpaired) electrons. The molecule has 0 amide bonds. The summed E-state index contributed by atoms with van der Waals surface area (Å²) in [6.07, 6.45) is 4.72. The van der Waals surface area contributed by atoms with Crippen LogP contribution in [-0.2, 0) is 11.8 Å². The molecular weight excluding hydrogens is 288 g/mol. The Morgan fingerprint density at radius 3 is 2.04 bits per heavy atom. The van der Waals surface area contributed by atoms with Gasteiger partial charge in [-0.05, 0) is 83.5 Å². The molecule has 0 atom stereocenters. The molecule has 3 rings (SSSR count). The van der Waals surface area contributed by atoms with Crippen LogP contribution in [0.25, 0.3) is 17.2 Å². The van der Waals surface area contributed by atoms with Gasteiger partial charge >= 0.3 is 0 Å². The highest BCUT2D eigenvalue weighted by atomic mass is 14.3. The van der Waals surface area contributed by atoms with E-state index in [1.54, 1.807) is 11.1 Å². The van der Waals surface area contributed by atoms with Gasteiger partial charge in [0, 0.05) is 0 Å². The van der Waals surface area contributed by atoms with Gasteiger partial charge in [-0.3, -0.25) is 0 Å². The third-order valence-electron chi connectivity index (χ3n) is 5.79. The second kappa shape index (κ2) is 5.92.